The number of guanidine groups is 1. The fourth-order valence-corrected chi connectivity index (χ4v) is 2.56. The summed E-state index contributed by atoms with van der Waals surface area (Å²) in [6, 6.07) is -0.531. The van der Waals surface area contributed by atoms with Crippen LogP contribution in [-0.4, -0.2) is 72.9 Å². The molecular weight excluding hydrogens is 284 g/mol. The highest BCUT2D eigenvalue weighted by Crippen LogP contribution is 2.35. The number of ether oxygens (including phenoxy) is 4. The number of aliphatic hydroxyl groups is 1. The van der Waals surface area contributed by atoms with E-state index in [0.717, 1.165) is 0 Å². The van der Waals surface area contributed by atoms with Crippen molar-refractivity contribution in [3.8, 4) is 0 Å². The van der Waals surface area contributed by atoms with Gasteiger partial charge in [-0.3, -0.25) is 4.90 Å². The highest BCUT2D eigenvalue weighted by Gasteiger charge is 2.55. The average molecular weight is 302 g/mol. The Labute approximate surface area is 120 Å². The first-order valence-corrected chi connectivity index (χ1v) is 6.71. The number of hydrogen-bond donors (Lipinski definition) is 3. The second-order valence-corrected chi connectivity index (χ2v) is 4.78. The first kappa shape index (κ1) is 14.5. The number of fused-ring (bicyclic) bond motifs is 1. The van der Waals surface area contributed by atoms with Crippen molar-refractivity contribution in [2.75, 3.05) is 19.9 Å². The number of hydrogen-bond acceptors (Lipinski definition) is 8. The molecule has 2 unspecified atom stereocenters. The van der Waals surface area contributed by atoms with Gasteiger partial charge in [-0.25, -0.2) is 4.79 Å². The van der Waals surface area contributed by atoms with Crippen molar-refractivity contribution >= 4 is 12.0 Å². The summed E-state index contributed by atoms with van der Waals surface area (Å²) in [5, 5.41) is 12.1. The highest BCUT2D eigenvalue weighted by atomic mass is 16.9. The lowest BCUT2D eigenvalue weighted by Gasteiger charge is -2.32. The van der Waals surface area contributed by atoms with Gasteiger partial charge in [-0.2, -0.15) is 4.99 Å². The van der Waals surface area contributed by atoms with Crippen molar-refractivity contribution in [3.05, 3.63) is 0 Å². The summed E-state index contributed by atoms with van der Waals surface area (Å²) in [4.78, 5) is 16.9. The minimum atomic E-state index is -0.827. The molecule has 3 aliphatic heterocycles. The molecule has 0 aromatic heterocycles. The smallest absolute Gasteiger partial charge is 0.350 e. The number of urea groups is 1. The molecule has 118 valence electrons. The van der Waals surface area contributed by atoms with Crippen molar-refractivity contribution in [1.29, 1.82) is 0 Å². The van der Waals surface area contributed by atoms with Gasteiger partial charge in [0.05, 0.1) is 13.3 Å². The van der Waals surface area contributed by atoms with Crippen LogP contribution in [0.1, 0.15) is 6.92 Å². The molecule has 0 bridgehead atoms. The third kappa shape index (κ3) is 2.56. The van der Waals surface area contributed by atoms with Crippen LogP contribution in [0.25, 0.3) is 0 Å². The number of nitrogens with one attached hydrogen (secondary N) is 1. The predicted octanol–water partition coefficient (Wildman–Crippen LogP) is -1.89. The third-order valence-electron chi connectivity index (χ3n) is 3.50. The number of carbonyl (C=O) groups is 1. The van der Waals surface area contributed by atoms with E-state index in [-0.39, 0.29) is 19.2 Å². The summed E-state index contributed by atoms with van der Waals surface area (Å²) in [6.07, 6.45) is -2.39. The largest absolute Gasteiger partial charge is 0.394 e. The molecule has 2 fully saturated rings. The quantitative estimate of drug-likeness (QED) is 0.549. The van der Waals surface area contributed by atoms with Gasteiger partial charge in [-0.1, -0.05) is 0 Å². The first-order chi connectivity index (χ1) is 10.1. The Morgan fingerprint density at radius 2 is 2.24 bits per heavy atom. The Morgan fingerprint density at radius 3 is 2.90 bits per heavy atom. The molecule has 3 heterocycles. The maximum atomic E-state index is 11.9. The van der Waals surface area contributed by atoms with E-state index in [2.05, 4.69) is 10.3 Å². The van der Waals surface area contributed by atoms with Gasteiger partial charge in [0.25, 0.3) is 6.48 Å². The first-order valence-electron chi connectivity index (χ1n) is 6.71. The molecule has 0 spiro atoms. The normalized spacial score (nSPS) is 39.1. The molecule has 10 nitrogen and oxygen atoms in total. The Kier molecular flexibility index (Phi) is 3.95. The summed E-state index contributed by atoms with van der Waals surface area (Å²) in [6.45, 7) is 1.30. The highest BCUT2D eigenvalue weighted by molar-refractivity contribution is 5.93. The summed E-state index contributed by atoms with van der Waals surface area (Å²) < 4.78 is 22.1. The van der Waals surface area contributed by atoms with Gasteiger partial charge in [0.1, 0.15) is 18.3 Å². The SMILES string of the molecule is CCOC1OC2[C@@H](O1)[C@@H](CO)O[C@H]2N1CNC(N)=NC1=O. The number of nitrogens with zero attached hydrogens (tertiary/aromatic N) is 2. The molecule has 0 saturated carbocycles. The second-order valence-electron chi connectivity index (χ2n) is 4.78. The maximum absolute atomic E-state index is 11.9. The zero-order valence-electron chi connectivity index (χ0n) is 11.5. The monoisotopic (exact) mass is 302 g/mol. The molecule has 0 aliphatic carbocycles. The lowest BCUT2D eigenvalue weighted by atomic mass is 10.1. The van der Waals surface area contributed by atoms with E-state index >= 15 is 0 Å². The van der Waals surface area contributed by atoms with Gasteiger partial charge in [0, 0.05) is 6.61 Å². The van der Waals surface area contributed by atoms with Crippen molar-refractivity contribution in [2.24, 2.45) is 10.7 Å². The van der Waals surface area contributed by atoms with Crippen LogP contribution < -0.4 is 11.1 Å². The van der Waals surface area contributed by atoms with Gasteiger partial charge in [0.2, 0.25) is 0 Å². The summed E-state index contributed by atoms with van der Waals surface area (Å²) in [5.74, 6) is 0.0558. The third-order valence-corrected chi connectivity index (χ3v) is 3.50. The van der Waals surface area contributed by atoms with E-state index in [1.54, 1.807) is 0 Å². The van der Waals surface area contributed by atoms with Crippen LogP contribution >= 0.6 is 0 Å². The van der Waals surface area contributed by atoms with Gasteiger partial charge >= 0.3 is 6.03 Å². The molecule has 2 amide bonds. The lowest BCUT2D eigenvalue weighted by molar-refractivity contribution is -0.267. The van der Waals surface area contributed by atoms with Crippen LogP contribution in [0.4, 0.5) is 4.79 Å². The Hall–Kier alpha value is -1.46. The lowest BCUT2D eigenvalue weighted by Crippen LogP contribution is -2.55. The van der Waals surface area contributed by atoms with Crippen molar-refractivity contribution < 1.29 is 28.8 Å². The topological polar surface area (TPSA) is 128 Å². The molecule has 5 atom stereocenters. The summed E-state index contributed by atoms with van der Waals surface area (Å²) in [5.41, 5.74) is 5.44. The van der Waals surface area contributed by atoms with Gasteiger partial charge in [-0.05, 0) is 6.92 Å². The molecule has 10 heteroatoms. The minimum Gasteiger partial charge on any atom is -0.394 e. The molecule has 21 heavy (non-hydrogen) atoms. The molecule has 0 radical (unpaired) electrons. The van der Waals surface area contributed by atoms with Gasteiger partial charge in [0.15, 0.2) is 12.2 Å². The van der Waals surface area contributed by atoms with Crippen LogP contribution in [0.3, 0.4) is 0 Å². The van der Waals surface area contributed by atoms with Crippen LogP contribution in [-0.2, 0) is 18.9 Å². The molecule has 0 aromatic carbocycles. The zero-order chi connectivity index (χ0) is 15.0. The zero-order valence-corrected chi connectivity index (χ0v) is 11.5. The molecular formula is C11H18N4O6. The van der Waals surface area contributed by atoms with Crippen LogP contribution in [0, 0.1) is 0 Å². The summed E-state index contributed by atoms with van der Waals surface area (Å²) in [7, 11) is 0. The summed E-state index contributed by atoms with van der Waals surface area (Å²) >= 11 is 0. The predicted molar refractivity (Wildman–Crippen MR) is 67.8 cm³/mol. The fourth-order valence-electron chi connectivity index (χ4n) is 2.56. The number of amides is 2. The van der Waals surface area contributed by atoms with Crippen LogP contribution in [0.2, 0.25) is 0 Å². The van der Waals surface area contributed by atoms with E-state index in [9.17, 15) is 9.90 Å². The van der Waals surface area contributed by atoms with E-state index in [1.807, 2.05) is 6.92 Å². The Balaban J connectivity index is 1.75. The van der Waals surface area contributed by atoms with Crippen molar-refractivity contribution in [2.45, 2.75) is 37.9 Å². The number of aliphatic imine (C=N–C) groups is 1. The molecule has 3 rings (SSSR count). The van der Waals surface area contributed by atoms with Gasteiger partial charge in [-0.15, -0.1) is 0 Å². The number of nitrogens with two attached hydrogens (primary N) is 1. The number of carbonyl (C=O) groups excluding carboxylic acids is 1. The molecule has 0 aromatic rings. The number of aliphatic hydroxyl groups excluding tert-OH is 1. The van der Waals surface area contributed by atoms with Crippen molar-refractivity contribution in [3.63, 3.8) is 0 Å². The van der Waals surface area contributed by atoms with Crippen LogP contribution in [0.15, 0.2) is 4.99 Å². The Bertz CT molecular complexity index is 446. The van der Waals surface area contributed by atoms with E-state index in [0.29, 0.717) is 6.61 Å². The average Bonchev–Trinajstić information content (AvgIpc) is 2.98. The number of rotatable bonds is 4. The second kappa shape index (κ2) is 5.73. The maximum Gasteiger partial charge on any atom is 0.350 e. The molecule has 2 saturated heterocycles. The molecule has 3 aliphatic rings. The van der Waals surface area contributed by atoms with E-state index in [1.165, 1.54) is 4.90 Å². The van der Waals surface area contributed by atoms with E-state index in [4.69, 9.17) is 24.7 Å². The molecule has 4 N–H and O–H groups in total. The Morgan fingerprint density at radius 1 is 1.48 bits per heavy atom. The van der Waals surface area contributed by atoms with Gasteiger partial charge < -0.3 is 35.1 Å². The van der Waals surface area contributed by atoms with Crippen molar-refractivity contribution in [1.82, 2.24) is 10.2 Å². The fraction of sp³-hybridized carbons (Fsp3) is 0.818. The van der Waals surface area contributed by atoms with E-state index < -0.39 is 37.0 Å². The minimum absolute atomic E-state index is 0.0558. The van der Waals surface area contributed by atoms with Crippen LogP contribution in [0.5, 0.6) is 0 Å². The standard InChI is InChI=1S/C11H18N4O6/c1-2-18-11-20-6-5(3-16)19-8(7(6)21-11)15-4-13-9(12)14-10(15)17/h5-8,11,16H,2-4H2,1H3,(H3,12,13,14,17)/t5-,6+,7?,8-,11?/m1/s1.